The highest BCUT2D eigenvalue weighted by Gasteiger charge is 2.21. The van der Waals surface area contributed by atoms with Gasteiger partial charge in [-0.15, -0.1) is 0 Å². The minimum Gasteiger partial charge on any atom is -0.304 e. The largest absolute Gasteiger partial charge is 0.304 e. The lowest BCUT2D eigenvalue weighted by Gasteiger charge is -2.19. The fourth-order valence-electron chi connectivity index (χ4n) is 1.86. The Morgan fingerprint density at radius 1 is 1.31 bits per heavy atom. The molecule has 0 aromatic heterocycles. The van der Waals surface area contributed by atoms with E-state index in [1.165, 1.54) is 6.26 Å². The summed E-state index contributed by atoms with van der Waals surface area (Å²) in [5.41, 5.74) is 1.84. The first-order valence-corrected chi connectivity index (χ1v) is 6.90. The number of nitrogens with one attached hydrogen (secondary N) is 1. The van der Waals surface area contributed by atoms with Crippen LogP contribution in [0.5, 0.6) is 0 Å². The van der Waals surface area contributed by atoms with Crippen molar-refractivity contribution in [3.8, 4) is 0 Å². The van der Waals surface area contributed by atoms with E-state index in [1.54, 1.807) is 24.3 Å². The van der Waals surface area contributed by atoms with Gasteiger partial charge in [-0.05, 0) is 6.07 Å². The zero-order chi connectivity index (χ0) is 11.9. The van der Waals surface area contributed by atoms with Gasteiger partial charge >= 0.3 is 0 Å². The molecule has 2 rings (SSSR count). The van der Waals surface area contributed by atoms with Crippen molar-refractivity contribution >= 4 is 21.6 Å². The molecule has 0 saturated heterocycles. The van der Waals surface area contributed by atoms with Crippen molar-refractivity contribution in [1.29, 1.82) is 5.41 Å². The van der Waals surface area contributed by atoms with Crippen molar-refractivity contribution in [2.75, 3.05) is 6.26 Å². The number of hydrogen-bond acceptors (Lipinski definition) is 3. The molecule has 0 radical (unpaired) electrons. The van der Waals surface area contributed by atoms with Crippen LogP contribution in [0.15, 0.2) is 29.2 Å². The highest BCUT2D eigenvalue weighted by molar-refractivity contribution is 7.90. The molecule has 3 nitrogen and oxygen atoms in total. The number of allylic oxidation sites excluding steroid dienone is 1. The Balaban J connectivity index is 2.75. The van der Waals surface area contributed by atoms with Gasteiger partial charge in [0.25, 0.3) is 0 Å². The minimum atomic E-state index is -3.23. The smallest absolute Gasteiger partial charge is 0.176 e. The molecule has 1 aromatic rings. The molecule has 1 aliphatic rings. The van der Waals surface area contributed by atoms with Gasteiger partial charge in [0.1, 0.15) is 0 Å². The second kappa shape index (κ2) is 3.56. The molecule has 0 aliphatic heterocycles. The average Bonchev–Trinajstić information content (AvgIpc) is 2.21. The molecule has 1 N–H and O–H groups in total. The molecule has 1 aromatic carbocycles. The molecule has 1 unspecified atom stereocenters. The summed E-state index contributed by atoms with van der Waals surface area (Å²) < 4.78 is 23.2. The van der Waals surface area contributed by atoms with E-state index in [2.05, 4.69) is 0 Å². The van der Waals surface area contributed by atoms with Crippen LogP contribution in [0, 0.1) is 11.3 Å². The third-order valence-corrected chi connectivity index (χ3v) is 3.92. The first-order chi connectivity index (χ1) is 7.41. The van der Waals surface area contributed by atoms with Crippen LogP contribution >= 0.6 is 0 Å². The van der Waals surface area contributed by atoms with Crippen LogP contribution in [-0.4, -0.2) is 20.4 Å². The molecule has 0 heterocycles. The van der Waals surface area contributed by atoms with Crippen LogP contribution in [0.4, 0.5) is 0 Å². The molecule has 4 heteroatoms. The van der Waals surface area contributed by atoms with Crippen LogP contribution in [0.2, 0.25) is 0 Å². The van der Waals surface area contributed by atoms with Crippen molar-refractivity contribution in [2.45, 2.75) is 11.8 Å². The van der Waals surface area contributed by atoms with Crippen molar-refractivity contribution in [2.24, 2.45) is 5.92 Å². The lowest BCUT2D eigenvalue weighted by molar-refractivity contribution is 0.601. The number of benzene rings is 1. The Bertz CT molecular complexity index is 585. The summed E-state index contributed by atoms with van der Waals surface area (Å²) in [7, 11) is -3.23. The maximum Gasteiger partial charge on any atom is 0.176 e. The third-order valence-electron chi connectivity index (χ3n) is 2.76. The van der Waals surface area contributed by atoms with E-state index in [0.717, 1.165) is 5.56 Å². The highest BCUT2D eigenvalue weighted by Crippen LogP contribution is 2.28. The van der Waals surface area contributed by atoms with E-state index in [1.807, 2.05) is 13.0 Å². The number of sulfone groups is 1. The van der Waals surface area contributed by atoms with E-state index in [9.17, 15) is 8.42 Å². The molecular weight excluding hydrogens is 222 g/mol. The standard InChI is InChI=1S/C12H13NO2S/c1-8-6-7-9-10(12(8)13)4-3-5-11(9)16(2,14)15/h3-8,13H,1-2H3. The molecular formula is C12H13NO2S. The molecule has 0 bridgehead atoms. The van der Waals surface area contributed by atoms with Crippen molar-refractivity contribution in [3.05, 3.63) is 35.4 Å². The van der Waals surface area contributed by atoms with Crippen LogP contribution in [0.3, 0.4) is 0 Å². The van der Waals surface area contributed by atoms with E-state index in [0.29, 0.717) is 16.2 Å². The Morgan fingerprint density at radius 3 is 2.62 bits per heavy atom. The van der Waals surface area contributed by atoms with Gasteiger partial charge in [-0.3, -0.25) is 0 Å². The fraction of sp³-hybridized carbons (Fsp3) is 0.250. The zero-order valence-electron chi connectivity index (χ0n) is 9.19. The van der Waals surface area contributed by atoms with Crippen molar-refractivity contribution < 1.29 is 8.42 Å². The van der Waals surface area contributed by atoms with Crippen molar-refractivity contribution in [1.82, 2.24) is 0 Å². The van der Waals surface area contributed by atoms with E-state index < -0.39 is 9.84 Å². The molecule has 0 saturated carbocycles. The maximum atomic E-state index is 11.6. The number of hydrogen-bond donors (Lipinski definition) is 1. The minimum absolute atomic E-state index is 0.0438. The van der Waals surface area contributed by atoms with Crippen LogP contribution < -0.4 is 0 Å². The van der Waals surface area contributed by atoms with E-state index in [4.69, 9.17) is 5.41 Å². The lowest BCUT2D eigenvalue weighted by atomic mass is 9.89. The normalized spacial score (nSPS) is 19.6. The first kappa shape index (κ1) is 11.1. The molecule has 16 heavy (non-hydrogen) atoms. The molecule has 1 atom stereocenters. The SMILES string of the molecule is CC1C=Cc2c(cccc2S(C)(=O)=O)C1=N. The Labute approximate surface area is 95.2 Å². The molecule has 0 fully saturated rings. The summed E-state index contributed by atoms with van der Waals surface area (Å²) in [4.78, 5) is 0.304. The molecule has 0 amide bonds. The quantitative estimate of drug-likeness (QED) is 0.810. The number of rotatable bonds is 1. The second-order valence-electron chi connectivity index (χ2n) is 4.05. The highest BCUT2D eigenvalue weighted by atomic mass is 32.2. The van der Waals surface area contributed by atoms with Gasteiger partial charge in [0.2, 0.25) is 0 Å². The Kier molecular flexibility index (Phi) is 2.46. The van der Waals surface area contributed by atoms with Gasteiger partial charge in [0.15, 0.2) is 9.84 Å². The number of fused-ring (bicyclic) bond motifs is 1. The fourth-order valence-corrected chi connectivity index (χ4v) is 2.76. The monoisotopic (exact) mass is 235 g/mol. The summed E-state index contributed by atoms with van der Waals surface area (Å²) in [6.07, 6.45) is 4.85. The first-order valence-electron chi connectivity index (χ1n) is 5.01. The molecule has 0 spiro atoms. The third kappa shape index (κ3) is 1.69. The van der Waals surface area contributed by atoms with Crippen LogP contribution in [0.25, 0.3) is 6.08 Å². The van der Waals surface area contributed by atoms with Gasteiger partial charge in [-0.25, -0.2) is 8.42 Å². The topological polar surface area (TPSA) is 58.0 Å². The van der Waals surface area contributed by atoms with Crippen LogP contribution in [0.1, 0.15) is 18.1 Å². The second-order valence-corrected chi connectivity index (χ2v) is 6.04. The van der Waals surface area contributed by atoms with Gasteiger partial charge < -0.3 is 5.41 Å². The lowest BCUT2D eigenvalue weighted by Crippen LogP contribution is -2.16. The van der Waals surface area contributed by atoms with Crippen molar-refractivity contribution in [3.63, 3.8) is 0 Å². The van der Waals surface area contributed by atoms with Crippen LogP contribution in [-0.2, 0) is 9.84 Å². The molecule has 84 valence electrons. The van der Waals surface area contributed by atoms with E-state index in [-0.39, 0.29) is 5.92 Å². The maximum absolute atomic E-state index is 11.6. The van der Waals surface area contributed by atoms with Gasteiger partial charge in [-0.2, -0.15) is 0 Å². The Morgan fingerprint density at radius 2 is 2.00 bits per heavy atom. The van der Waals surface area contributed by atoms with Gasteiger partial charge in [0.05, 0.1) is 4.90 Å². The average molecular weight is 235 g/mol. The van der Waals surface area contributed by atoms with E-state index >= 15 is 0 Å². The van der Waals surface area contributed by atoms with Gasteiger partial charge in [-0.1, -0.05) is 31.2 Å². The summed E-state index contributed by atoms with van der Waals surface area (Å²) in [6, 6.07) is 5.07. The summed E-state index contributed by atoms with van der Waals surface area (Å²) in [5, 5.41) is 7.93. The molecule has 1 aliphatic carbocycles. The van der Waals surface area contributed by atoms with Gasteiger partial charge in [0, 0.05) is 29.0 Å². The Hall–Kier alpha value is -1.42. The predicted molar refractivity (Wildman–Crippen MR) is 64.6 cm³/mol. The summed E-state index contributed by atoms with van der Waals surface area (Å²) >= 11 is 0. The predicted octanol–water partition coefficient (Wildman–Crippen LogP) is 2.12. The summed E-state index contributed by atoms with van der Waals surface area (Å²) in [5.74, 6) is 0.0438. The summed E-state index contributed by atoms with van der Waals surface area (Å²) in [6.45, 7) is 1.93. The zero-order valence-corrected chi connectivity index (χ0v) is 10.0.